The van der Waals surface area contributed by atoms with Gasteiger partial charge in [0.25, 0.3) is 10.0 Å². The van der Waals surface area contributed by atoms with Crippen LogP contribution < -0.4 is 0 Å². The van der Waals surface area contributed by atoms with Crippen LogP contribution in [0.4, 0.5) is 8.78 Å². The van der Waals surface area contributed by atoms with Crippen LogP contribution in [0.25, 0.3) is 22.3 Å². The van der Waals surface area contributed by atoms with E-state index in [-0.39, 0.29) is 21.8 Å². The standard InChI is InChI=1S/C18H13ClF2N4O2S/c1-11-2-4-13(5-3-11)28(26,27)25-16(12-9-23-24(10-12)18(20)21)8-14-15(19)6-7-22-17(14)25/h2-10,18H,1H3. The van der Waals surface area contributed by atoms with E-state index in [2.05, 4.69) is 10.1 Å². The number of aromatic nitrogens is 4. The van der Waals surface area contributed by atoms with Crippen molar-refractivity contribution in [2.45, 2.75) is 18.4 Å². The molecule has 0 spiro atoms. The zero-order chi connectivity index (χ0) is 20.1. The summed E-state index contributed by atoms with van der Waals surface area (Å²) in [5.41, 5.74) is 1.34. The highest BCUT2D eigenvalue weighted by atomic mass is 35.5. The minimum atomic E-state index is -4.07. The van der Waals surface area contributed by atoms with Crippen molar-refractivity contribution in [1.82, 2.24) is 18.7 Å². The van der Waals surface area contributed by atoms with E-state index < -0.39 is 16.6 Å². The van der Waals surface area contributed by atoms with E-state index in [4.69, 9.17) is 11.6 Å². The largest absolute Gasteiger partial charge is 0.333 e. The number of hydrogen-bond acceptors (Lipinski definition) is 4. The van der Waals surface area contributed by atoms with Gasteiger partial charge in [-0.2, -0.15) is 13.9 Å². The van der Waals surface area contributed by atoms with Crippen LogP contribution in [0.2, 0.25) is 5.02 Å². The van der Waals surface area contributed by atoms with Gasteiger partial charge in [-0.1, -0.05) is 29.3 Å². The second kappa shape index (κ2) is 6.68. The van der Waals surface area contributed by atoms with Crippen LogP contribution >= 0.6 is 11.6 Å². The molecule has 10 heteroatoms. The van der Waals surface area contributed by atoms with Gasteiger partial charge in [-0.15, -0.1) is 0 Å². The Morgan fingerprint density at radius 3 is 2.50 bits per heavy atom. The molecule has 0 N–H and O–H groups in total. The SMILES string of the molecule is Cc1ccc(S(=O)(=O)n2c(-c3cnn(C(F)F)c3)cc3c(Cl)ccnc32)cc1. The quantitative estimate of drug-likeness (QED) is 0.485. The maximum Gasteiger partial charge on any atom is 0.333 e. The molecule has 4 aromatic rings. The van der Waals surface area contributed by atoms with E-state index in [1.807, 2.05) is 6.92 Å². The van der Waals surface area contributed by atoms with Crippen molar-refractivity contribution in [2.24, 2.45) is 0 Å². The Morgan fingerprint density at radius 2 is 1.86 bits per heavy atom. The molecule has 0 saturated heterocycles. The first-order valence-electron chi connectivity index (χ1n) is 8.10. The summed E-state index contributed by atoms with van der Waals surface area (Å²) in [5.74, 6) is 0. The number of hydrogen-bond donors (Lipinski definition) is 0. The minimum absolute atomic E-state index is 0.0416. The highest BCUT2D eigenvalue weighted by Crippen LogP contribution is 2.34. The number of benzene rings is 1. The molecule has 0 aliphatic rings. The molecular weight excluding hydrogens is 410 g/mol. The maximum atomic E-state index is 13.4. The topological polar surface area (TPSA) is 69.8 Å². The van der Waals surface area contributed by atoms with Crippen molar-refractivity contribution >= 4 is 32.7 Å². The summed E-state index contributed by atoms with van der Waals surface area (Å²) in [6.45, 7) is -1.01. The lowest BCUT2D eigenvalue weighted by Crippen LogP contribution is -2.14. The Kier molecular flexibility index (Phi) is 4.43. The first-order chi connectivity index (χ1) is 13.3. The third-order valence-corrected chi connectivity index (χ3v) is 6.31. The summed E-state index contributed by atoms with van der Waals surface area (Å²) in [5, 5.41) is 4.28. The fourth-order valence-electron chi connectivity index (χ4n) is 2.88. The zero-order valence-corrected chi connectivity index (χ0v) is 16.0. The van der Waals surface area contributed by atoms with Gasteiger partial charge in [-0.3, -0.25) is 0 Å². The first-order valence-corrected chi connectivity index (χ1v) is 9.92. The summed E-state index contributed by atoms with van der Waals surface area (Å²) >= 11 is 6.21. The van der Waals surface area contributed by atoms with Gasteiger partial charge < -0.3 is 0 Å². The van der Waals surface area contributed by atoms with Crippen LogP contribution in [0.5, 0.6) is 0 Å². The normalized spacial score (nSPS) is 12.2. The van der Waals surface area contributed by atoms with Gasteiger partial charge in [-0.25, -0.2) is 22.1 Å². The number of rotatable bonds is 4. The predicted molar refractivity (Wildman–Crippen MR) is 101 cm³/mol. The van der Waals surface area contributed by atoms with Crippen molar-refractivity contribution in [2.75, 3.05) is 0 Å². The molecule has 3 heterocycles. The number of fused-ring (bicyclic) bond motifs is 1. The van der Waals surface area contributed by atoms with Crippen LogP contribution in [0.15, 0.2) is 59.9 Å². The van der Waals surface area contributed by atoms with Crippen molar-refractivity contribution in [3.8, 4) is 11.3 Å². The molecule has 0 radical (unpaired) electrons. The molecule has 0 aliphatic carbocycles. The molecule has 6 nitrogen and oxygen atoms in total. The van der Waals surface area contributed by atoms with Gasteiger partial charge in [0.05, 0.1) is 21.8 Å². The molecule has 1 aromatic carbocycles. The number of pyridine rings is 1. The number of halogens is 3. The molecule has 0 saturated carbocycles. The van der Waals surface area contributed by atoms with Gasteiger partial charge in [0.1, 0.15) is 0 Å². The van der Waals surface area contributed by atoms with E-state index in [0.29, 0.717) is 15.1 Å². The molecule has 3 aromatic heterocycles. The first kappa shape index (κ1) is 18.6. The smallest absolute Gasteiger partial charge is 0.237 e. The van der Waals surface area contributed by atoms with E-state index in [9.17, 15) is 17.2 Å². The van der Waals surface area contributed by atoms with Gasteiger partial charge in [-0.05, 0) is 31.2 Å². The van der Waals surface area contributed by atoms with Crippen molar-refractivity contribution in [3.63, 3.8) is 0 Å². The monoisotopic (exact) mass is 422 g/mol. The second-order valence-electron chi connectivity index (χ2n) is 6.13. The summed E-state index contributed by atoms with van der Waals surface area (Å²) < 4.78 is 54.1. The third-order valence-electron chi connectivity index (χ3n) is 4.26. The van der Waals surface area contributed by atoms with Crippen LogP contribution in [0.3, 0.4) is 0 Å². The van der Waals surface area contributed by atoms with E-state index in [1.165, 1.54) is 36.7 Å². The van der Waals surface area contributed by atoms with E-state index in [0.717, 1.165) is 15.7 Å². The van der Waals surface area contributed by atoms with Crippen LogP contribution in [0, 0.1) is 6.92 Å². The molecule has 4 rings (SSSR count). The van der Waals surface area contributed by atoms with Gasteiger partial charge >= 0.3 is 6.55 Å². The third kappa shape index (κ3) is 2.96. The minimum Gasteiger partial charge on any atom is -0.237 e. The molecule has 0 bridgehead atoms. The molecule has 0 amide bonds. The lowest BCUT2D eigenvalue weighted by atomic mass is 10.2. The average molecular weight is 423 g/mol. The Hall–Kier alpha value is -2.78. The number of nitrogens with zero attached hydrogens (tertiary/aromatic N) is 4. The van der Waals surface area contributed by atoms with Crippen molar-refractivity contribution in [3.05, 3.63) is 65.6 Å². The highest BCUT2D eigenvalue weighted by Gasteiger charge is 2.26. The molecule has 0 atom stereocenters. The Balaban J connectivity index is 2.03. The molecular formula is C18H13ClF2N4O2S. The molecule has 0 fully saturated rings. The van der Waals surface area contributed by atoms with Gasteiger partial charge in [0.15, 0.2) is 5.65 Å². The van der Waals surface area contributed by atoms with Crippen LogP contribution in [-0.4, -0.2) is 27.2 Å². The maximum absolute atomic E-state index is 13.4. The Labute approximate surface area is 164 Å². The molecule has 0 unspecified atom stereocenters. The fraction of sp³-hybridized carbons (Fsp3) is 0.111. The summed E-state index contributed by atoms with van der Waals surface area (Å²) in [6, 6.07) is 9.34. The summed E-state index contributed by atoms with van der Waals surface area (Å²) in [7, 11) is -4.07. The van der Waals surface area contributed by atoms with Gasteiger partial charge in [0.2, 0.25) is 0 Å². The molecule has 28 heavy (non-hydrogen) atoms. The van der Waals surface area contributed by atoms with E-state index >= 15 is 0 Å². The molecule has 0 aliphatic heterocycles. The average Bonchev–Trinajstić information content (AvgIpc) is 3.28. The zero-order valence-electron chi connectivity index (χ0n) is 14.4. The van der Waals surface area contributed by atoms with Gasteiger partial charge in [0, 0.05) is 23.3 Å². The molecule has 144 valence electrons. The summed E-state index contributed by atoms with van der Waals surface area (Å²) in [6.07, 6.45) is 3.64. The lowest BCUT2D eigenvalue weighted by Gasteiger charge is -2.11. The highest BCUT2D eigenvalue weighted by molar-refractivity contribution is 7.90. The van der Waals surface area contributed by atoms with E-state index in [1.54, 1.807) is 12.1 Å². The lowest BCUT2D eigenvalue weighted by molar-refractivity contribution is 0.0566. The van der Waals surface area contributed by atoms with Crippen LogP contribution in [-0.2, 0) is 10.0 Å². The van der Waals surface area contributed by atoms with Crippen molar-refractivity contribution < 1.29 is 17.2 Å². The number of aryl methyl sites for hydroxylation is 1. The van der Waals surface area contributed by atoms with Crippen LogP contribution in [0.1, 0.15) is 12.1 Å². The Bertz CT molecular complexity index is 1280. The Morgan fingerprint density at radius 1 is 1.14 bits per heavy atom. The van der Waals surface area contributed by atoms with Crippen molar-refractivity contribution in [1.29, 1.82) is 0 Å². The predicted octanol–water partition coefficient (Wildman–Crippen LogP) is 4.49. The second-order valence-corrected chi connectivity index (χ2v) is 8.32. The fourth-order valence-corrected chi connectivity index (χ4v) is 4.56. The number of alkyl halides is 2. The summed E-state index contributed by atoms with van der Waals surface area (Å²) in [4.78, 5) is 4.20.